The first kappa shape index (κ1) is 23.4. The SMILES string of the molecule is C[C@]1(O)CCCN(S(=O)(=O)c2ccc(OCc3nc4ccccc4s3)cc2)[C@@H]1OC(=O)NO. The Hall–Kier alpha value is -2.77. The Kier molecular flexibility index (Phi) is 6.54. The molecule has 0 saturated carbocycles. The lowest BCUT2D eigenvalue weighted by molar-refractivity contribution is -0.141. The van der Waals surface area contributed by atoms with E-state index in [1.165, 1.54) is 48.0 Å². The van der Waals surface area contributed by atoms with E-state index >= 15 is 0 Å². The molecule has 0 bridgehead atoms. The Labute approximate surface area is 194 Å². The van der Waals surface area contributed by atoms with Crippen LogP contribution in [0.15, 0.2) is 53.4 Å². The second kappa shape index (κ2) is 9.23. The van der Waals surface area contributed by atoms with Gasteiger partial charge in [-0.05, 0) is 56.2 Å². The van der Waals surface area contributed by atoms with Gasteiger partial charge in [0.05, 0.1) is 15.1 Å². The summed E-state index contributed by atoms with van der Waals surface area (Å²) in [6.07, 6.45) is -2.17. The van der Waals surface area contributed by atoms with Crippen LogP contribution in [-0.2, 0) is 21.4 Å². The zero-order chi connectivity index (χ0) is 23.6. The van der Waals surface area contributed by atoms with E-state index < -0.39 is 27.9 Å². The van der Waals surface area contributed by atoms with Crippen molar-refractivity contribution in [3.8, 4) is 5.75 Å². The van der Waals surface area contributed by atoms with E-state index in [0.717, 1.165) is 19.5 Å². The van der Waals surface area contributed by atoms with Crippen molar-refractivity contribution in [2.45, 2.75) is 43.1 Å². The van der Waals surface area contributed by atoms with Gasteiger partial charge >= 0.3 is 6.09 Å². The third-order valence-electron chi connectivity index (χ3n) is 5.30. The number of carbonyl (C=O) groups excluding carboxylic acids is 1. The fourth-order valence-electron chi connectivity index (χ4n) is 3.67. The average molecular weight is 494 g/mol. The predicted octanol–water partition coefficient (Wildman–Crippen LogP) is 2.85. The number of hydrogen-bond donors (Lipinski definition) is 3. The number of ether oxygens (including phenoxy) is 2. The van der Waals surface area contributed by atoms with Gasteiger partial charge in [-0.3, -0.25) is 5.21 Å². The summed E-state index contributed by atoms with van der Waals surface area (Å²) in [6, 6.07) is 13.6. The maximum atomic E-state index is 13.2. The largest absolute Gasteiger partial charge is 0.486 e. The van der Waals surface area contributed by atoms with E-state index in [2.05, 4.69) is 4.98 Å². The van der Waals surface area contributed by atoms with E-state index in [1.54, 1.807) is 0 Å². The lowest BCUT2D eigenvalue weighted by atomic mass is 9.94. The molecule has 10 nitrogen and oxygen atoms in total. The standard InChI is InChI=1S/C21H23N3O7S2/c1-21(26)11-4-12-24(19(21)31-20(25)23-27)33(28,29)15-9-7-14(8-10-15)30-13-18-22-16-5-2-3-6-17(16)32-18/h2-3,5-10,19,26-27H,4,11-13H2,1H3,(H,23,25)/t19-,21+/m1/s1. The van der Waals surface area contributed by atoms with Gasteiger partial charge in [-0.1, -0.05) is 12.1 Å². The first-order valence-corrected chi connectivity index (χ1v) is 12.4. The minimum absolute atomic E-state index is 0.0394. The van der Waals surface area contributed by atoms with Crippen molar-refractivity contribution in [1.29, 1.82) is 0 Å². The molecule has 12 heteroatoms. The molecule has 1 fully saturated rings. The summed E-state index contributed by atoms with van der Waals surface area (Å²) in [5.74, 6) is 0.464. The molecule has 176 valence electrons. The Morgan fingerprint density at radius 3 is 2.70 bits per heavy atom. The van der Waals surface area contributed by atoms with Crippen LogP contribution in [0.3, 0.4) is 0 Å². The van der Waals surface area contributed by atoms with E-state index in [0.29, 0.717) is 12.2 Å². The number of rotatable bonds is 6. The molecule has 2 heterocycles. The highest BCUT2D eigenvalue weighted by Gasteiger charge is 2.47. The molecule has 3 aromatic rings. The highest BCUT2D eigenvalue weighted by molar-refractivity contribution is 7.89. The maximum absolute atomic E-state index is 13.2. The van der Waals surface area contributed by atoms with Crippen molar-refractivity contribution in [1.82, 2.24) is 14.8 Å². The number of fused-ring (bicyclic) bond motifs is 1. The second-order valence-electron chi connectivity index (χ2n) is 7.78. The molecule has 1 aliphatic rings. The van der Waals surface area contributed by atoms with Gasteiger partial charge in [0.1, 0.15) is 23.0 Å². The van der Waals surface area contributed by atoms with Crippen LogP contribution in [0.5, 0.6) is 5.75 Å². The number of nitrogens with one attached hydrogen (secondary N) is 1. The van der Waals surface area contributed by atoms with Crippen molar-refractivity contribution in [3.05, 3.63) is 53.5 Å². The molecule has 1 saturated heterocycles. The monoisotopic (exact) mass is 493 g/mol. The van der Waals surface area contributed by atoms with Crippen LogP contribution in [0, 0.1) is 0 Å². The lowest BCUT2D eigenvalue weighted by Gasteiger charge is -2.42. The van der Waals surface area contributed by atoms with E-state index in [1.807, 2.05) is 24.3 Å². The molecule has 33 heavy (non-hydrogen) atoms. The summed E-state index contributed by atoms with van der Waals surface area (Å²) >= 11 is 1.52. The highest BCUT2D eigenvalue weighted by atomic mass is 32.2. The summed E-state index contributed by atoms with van der Waals surface area (Å²) in [5.41, 5.74) is 0.559. The molecular formula is C21H23N3O7S2. The zero-order valence-electron chi connectivity index (χ0n) is 17.7. The number of amides is 1. The maximum Gasteiger partial charge on any atom is 0.432 e. The van der Waals surface area contributed by atoms with Gasteiger partial charge in [-0.15, -0.1) is 11.3 Å². The Morgan fingerprint density at radius 2 is 2.00 bits per heavy atom. The Morgan fingerprint density at radius 1 is 1.27 bits per heavy atom. The predicted molar refractivity (Wildman–Crippen MR) is 119 cm³/mol. The highest BCUT2D eigenvalue weighted by Crippen LogP contribution is 2.33. The molecule has 0 aliphatic carbocycles. The Balaban J connectivity index is 1.49. The summed E-state index contributed by atoms with van der Waals surface area (Å²) in [5, 5.41) is 20.2. The number of nitrogens with zero attached hydrogens (tertiary/aromatic N) is 2. The number of benzene rings is 2. The van der Waals surface area contributed by atoms with Gasteiger partial charge < -0.3 is 14.6 Å². The van der Waals surface area contributed by atoms with Crippen LogP contribution < -0.4 is 10.2 Å². The van der Waals surface area contributed by atoms with Gasteiger partial charge in [0, 0.05) is 6.54 Å². The zero-order valence-corrected chi connectivity index (χ0v) is 19.3. The molecule has 4 rings (SSSR count). The van der Waals surface area contributed by atoms with Crippen molar-refractivity contribution >= 4 is 37.7 Å². The number of para-hydroxylation sites is 1. The fourth-order valence-corrected chi connectivity index (χ4v) is 6.20. The normalized spacial score (nSPS) is 21.6. The van der Waals surface area contributed by atoms with Crippen LogP contribution in [-0.4, -0.2) is 52.5 Å². The van der Waals surface area contributed by atoms with E-state index in [9.17, 15) is 18.3 Å². The van der Waals surface area contributed by atoms with E-state index in [-0.39, 0.29) is 24.5 Å². The van der Waals surface area contributed by atoms with Crippen molar-refractivity contribution in [2.24, 2.45) is 0 Å². The van der Waals surface area contributed by atoms with E-state index in [4.69, 9.17) is 14.7 Å². The quantitative estimate of drug-likeness (QED) is 0.352. The third-order valence-corrected chi connectivity index (χ3v) is 8.17. The minimum Gasteiger partial charge on any atom is -0.486 e. The molecule has 1 amide bonds. The first-order chi connectivity index (χ1) is 15.7. The topological polar surface area (TPSA) is 138 Å². The van der Waals surface area contributed by atoms with Crippen LogP contribution in [0.25, 0.3) is 10.2 Å². The van der Waals surface area contributed by atoms with Gasteiger partial charge in [-0.25, -0.2) is 23.7 Å². The van der Waals surface area contributed by atoms with Gasteiger partial charge in [0.15, 0.2) is 6.23 Å². The molecule has 0 spiro atoms. The van der Waals surface area contributed by atoms with Crippen molar-refractivity contribution in [3.63, 3.8) is 0 Å². The average Bonchev–Trinajstić information content (AvgIpc) is 3.22. The Bertz CT molecular complexity index is 1210. The van der Waals surface area contributed by atoms with Crippen molar-refractivity contribution < 1.29 is 33.0 Å². The fraction of sp³-hybridized carbons (Fsp3) is 0.333. The molecule has 0 unspecified atom stereocenters. The number of sulfonamides is 1. The lowest BCUT2D eigenvalue weighted by Crippen LogP contribution is -2.59. The van der Waals surface area contributed by atoms with Crippen LogP contribution >= 0.6 is 11.3 Å². The molecular weight excluding hydrogens is 470 g/mol. The number of carbonyl (C=O) groups is 1. The summed E-state index contributed by atoms with van der Waals surface area (Å²) < 4.78 is 39.2. The van der Waals surface area contributed by atoms with Crippen LogP contribution in [0.1, 0.15) is 24.8 Å². The summed E-state index contributed by atoms with van der Waals surface area (Å²) in [4.78, 5) is 16.0. The van der Waals surface area contributed by atoms with Gasteiger partial charge in [0.2, 0.25) is 10.0 Å². The molecule has 2 aromatic carbocycles. The molecule has 1 aliphatic heterocycles. The number of thiazole rings is 1. The summed E-state index contributed by atoms with van der Waals surface area (Å²) in [6.45, 7) is 1.66. The van der Waals surface area contributed by atoms with Crippen LogP contribution in [0.4, 0.5) is 4.79 Å². The second-order valence-corrected chi connectivity index (χ2v) is 10.8. The number of aliphatic hydroxyl groups is 1. The van der Waals surface area contributed by atoms with Gasteiger partial charge in [0.25, 0.3) is 0 Å². The minimum atomic E-state index is -4.12. The number of piperidine rings is 1. The van der Waals surface area contributed by atoms with Crippen LogP contribution in [0.2, 0.25) is 0 Å². The molecule has 3 N–H and O–H groups in total. The first-order valence-electron chi connectivity index (χ1n) is 10.1. The summed E-state index contributed by atoms with van der Waals surface area (Å²) in [7, 11) is -4.12. The third kappa shape index (κ3) is 4.94. The number of hydrogen-bond acceptors (Lipinski definition) is 9. The molecule has 2 atom stereocenters. The number of hydroxylamine groups is 1. The van der Waals surface area contributed by atoms with Crippen molar-refractivity contribution in [2.75, 3.05) is 6.54 Å². The molecule has 0 radical (unpaired) electrons. The number of aromatic nitrogens is 1. The van der Waals surface area contributed by atoms with Gasteiger partial charge in [-0.2, -0.15) is 4.31 Å². The smallest absolute Gasteiger partial charge is 0.432 e. The molecule has 1 aromatic heterocycles.